The van der Waals surface area contributed by atoms with E-state index in [0.29, 0.717) is 12.3 Å². The lowest BCUT2D eigenvalue weighted by molar-refractivity contribution is 0.0989. The van der Waals surface area contributed by atoms with Gasteiger partial charge in [0.1, 0.15) is 5.82 Å². The summed E-state index contributed by atoms with van der Waals surface area (Å²) in [7, 11) is 0. The summed E-state index contributed by atoms with van der Waals surface area (Å²) in [6, 6.07) is 7.92. The molecule has 0 radical (unpaired) electrons. The van der Waals surface area contributed by atoms with Gasteiger partial charge in [0.05, 0.1) is 6.42 Å². The molecule has 2 rings (SSSR count). The predicted octanol–water partition coefficient (Wildman–Crippen LogP) is 3.84. The van der Waals surface area contributed by atoms with Crippen LogP contribution in [-0.2, 0) is 13.0 Å². The number of carbonyl (C=O) groups is 1. The van der Waals surface area contributed by atoms with Gasteiger partial charge in [-0.15, -0.1) is 0 Å². The van der Waals surface area contributed by atoms with E-state index in [-0.39, 0.29) is 5.78 Å². The molecule has 0 aliphatic heterocycles. The number of hydrogen-bond acceptors (Lipinski definition) is 2. The molecule has 3 heteroatoms. The highest BCUT2D eigenvalue weighted by Gasteiger charge is 2.11. The van der Waals surface area contributed by atoms with Crippen molar-refractivity contribution in [3.8, 4) is 0 Å². The zero-order chi connectivity index (χ0) is 14.5. The first kappa shape index (κ1) is 14.5. The Morgan fingerprint density at radius 2 is 1.95 bits per heavy atom. The largest absolute Gasteiger partial charge is 0.335 e. The van der Waals surface area contributed by atoms with Crippen LogP contribution in [-0.4, -0.2) is 15.3 Å². The average molecular weight is 270 g/mol. The number of Topliss-reactive ketones (excluding diaryl/α,β-unsaturated/α-hetero) is 1. The van der Waals surface area contributed by atoms with Crippen LogP contribution in [0.15, 0.2) is 36.7 Å². The van der Waals surface area contributed by atoms with Gasteiger partial charge in [-0.25, -0.2) is 4.98 Å². The van der Waals surface area contributed by atoms with E-state index in [2.05, 4.69) is 30.3 Å². The number of hydrogen-bond donors (Lipinski definition) is 0. The van der Waals surface area contributed by atoms with Crippen molar-refractivity contribution in [2.75, 3.05) is 0 Å². The quantitative estimate of drug-likeness (QED) is 0.747. The van der Waals surface area contributed by atoms with Crippen LogP contribution < -0.4 is 0 Å². The van der Waals surface area contributed by atoms with Gasteiger partial charge in [0.2, 0.25) is 0 Å². The SMILES string of the molecule is CCCn1ccnc1CC(=O)c1ccc(C(C)C)cc1. The zero-order valence-corrected chi connectivity index (χ0v) is 12.5. The van der Waals surface area contributed by atoms with Crippen molar-refractivity contribution in [1.82, 2.24) is 9.55 Å². The van der Waals surface area contributed by atoms with Gasteiger partial charge in [-0.1, -0.05) is 45.0 Å². The van der Waals surface area contributed by atoms with E-state index in [1.807, 2.05) is 30.5 Å². The van der Waals surface area contributed by atoms with Crippen LogP contribution in [0.4, 0.5) is 0 Å². The molecule has 0 amide bonds. The van der Waals surface area contributed by atoms with Gasteiger partial charge in [0, 0.05) is 24.5 Å². The van der Waals surface area contributed by atoms with E-state index >= 15 is 0 Å². The van der Waals surface area contributed by atoms with Crippen molar-refractivity contribution in [2.24, 2.45) is 0 Å². The molecule has 0 aliphatic rings. The molecule has 0 spiro atoms. The van der Waals surface area contributed by atoms with Crippen LogP contribution in [0.1, 0.15) is 54.9 Å². The fraction of sp³-hybridized carbons (Fsp3) is 0.412. The number of rotatable bonds is 6. The molecule has 1 aromatic heterocycles. The van der Waals surface area contributed by atoms with Gasteiger partial charge < -0.3 is 4.57 Å². The van der Waals surface area contributed by atoms with E-state index in [0.717, 1.165) is 24.4 Å². The molecule has 2 aromatic rings. The summed E-state index contributed by atoms with van der Waals surface area (Å²) in [6.45, 7) is 7.34. The maximum absolute atomic E-state index is 12.3. The molecule has 1 heterocycles. The first-order chi connectivity index (χ1) is 9.61. The summed E-state index contributed by atoms with van der Waals surface area (Å²) in [5.41, 5.74) is 2.02. The molecule has 3 nitrogen and oxygen atoms in total. The van der Waals surface area contributed by atoms with Crippen molar-refractivity contribution >= 4 is 5.78 Å². The van der Waals surface area contributed by atoms with Gasteiger partial charge >= 0.3 is 0 Å². The lowest BCUT2D eigenvalue weighted by Crippen LogP contribution is -2.10. The summed E-state index contributed by atoms with van der Waals surface area (Å²) >= 11 is 0. The fourth-order valence-corrected chi connectivity index (χ4v) is 2.25. The minimum Gasteiger partial charge on any atom is -0.335 e. The molecule has 1 aromatic carbocycles. The molecular weight excluding hydrogens is 248 g/mol. The molecular formula is C17H22N2O. The highest BCUT2D eigenvalue weighted by Crippen LogP contribution is 2.15. The number of benzene rings is 1. The van der Waals surface area contributed by atoms with Crippen molar-refractivity contribution in [3.05, 3.63) is 53.6 Å². The minimum atomic E-state index is 0.129. The maximum atomic E-state index is 12.3. The van der Waals surface area contributed by atoms with Crippen LogP contribution in [0.25, 0.3) is 0 Å². The summed E-state index contributed by atoms with van der Waals surface area (Å²) in [4.78, 5) is 16.6. The van der Waals surface area contributed by atoms with Gasteiger partial charge in [0.25, 0.3) is 0 Å². The molecule has 0 N–H and O–H groups in total. The molecule has 0 bridgehead atoms. The standard InChI is InChI=1S/C17H22N2O/c1-4-10-19-11-9-18-17(19)12-16(20)15-7-5-14(6-8-15)13(2)3/h5-9,11,13H,4,10,12H2,1-3H3. The number of nitrogens with zero attached hydrogens (tertiary/aromatic N) is 2. The molecule has 0 fully saturated rings. The normalized spacial score (nSPS) is 11.0. The lowest BCUT2D eigenvalue weighted by Gasteiger charge is -2.08. The van der Waals surface area contributed by atoms with Crippen LogP contribution in [0.3, 0.4) is 0 Å². The van der Waals surface area contributed by atoms with Crippen LogP contribution in [0.2, 0.25) is 0 Å². The third kappa shape index (κ3) is 3.35. The maximum Gasteiger partial charge on any atom is 0.170 e. The predicted molar refractivity (Wildman–Crippen MR) is 81.1 cm³/mol. The van der Waals surface area contributed by atoms with E-state index < -0.39 is 0 Å². The second kappa shape index (κ2) is 6.51. The molecule has 0 saturated carbocycles. The Balaban J connectivity index is 2.09. The molecule has 0 aliphatic carbocycles. The second-order valence-electron chi connectivity index (χ2n) is 5.41. The topological polar surface area (TPSA) is 34.9 Å². The highest BCUT2D eigenvalue weighted by molar-refractivity contribution is 5.97. The summed E-state index contributed by atoms with van der Waals surface area (Å²) in [5.74, 6) is 1.47. The zero-order valence-electron chi connectivity index (χ0n) is 12.5. The van der Waals surface area contributed by atoms with E-state index in [4.69, 9.17) is 0 Å². The molecule has 0 atom stereocenters. The van der Waals surface area contributed by atoms with Gasteiger partial charge in [-0.3, -0.25) is 4.79 Å². The second-order valence-corrected chi connectivity index (χ2v) is 5.41. The Hall–Kier alpha value is -1.90. The van der Waals surface area contributed by atoms with Gasteiger partial charge in [-0.05, 0) is 17.9 Å². The summed E-state index contributed by atoms with van der Waals surface area (Å²) in [5, 5.41) is 0. The summed E-state index contributed by atoms with van der Waals surface area (Å²) < 4.78 is 2.06. The van der Waals surface area contributed by atoms with Crippen molar-refractivity contribution in [3.63, 3.8) is 0 Å². The highest BCUT2D eigenvalue weighted by atomic mass is 16.1. The Labute approximate surface area is 120 Å². The number of carbonyl (C=O) groups excluding carboxylic acids is 1. The Kier molecular flexibility index (Phi) is 4.72. The first-order valence-electron chi connectivity index (χ1n) is 7.25. The van der Waals surface area contributed by atoms with Crippen LogP contribution >= 0.6 is 0 Å². The van der Waals surface area contributed by atoms with Crippen molar-refractivity contribution in [2.45, 2.75) is 46.1 Å². The van der Waals surface area contributed by atoms with E-state index in [1.54, 1.807) is 6.20 Å². The molecule has 0 saturated heterocycles. The van der Waals surface area contributed by atoms with Gasteiger partial charge in [-0.2, -0.15) is 0 Å². The van der Waals surface area contributed by atoms with Crippen LogP contribution in [0, 0.1) is 0 Å². The molecule has 20 heavy (non-hydrogen) atoms. The Morgan fingerprint density at radius 1 is 1.25 bits per heavy atom. The third-order valence-corrected chi connectivity index (χ3v) is 3.48. The molecule has 106 valence electrons. The van der Waals surface area contributed by atoms with Gasteiger partial charge in [0.15, 0.2) is 5.78 Å². The number of aromatic nitrogens is 2. The third-order valence-electron chi connectivity index (χ3n) is 3.48. The number of aryl methyl sites for hydroxylation is 1. The fourth-order valence-electron chi connectivity index (χ4n) is 2.25. The van der Waals surface area contributed by atoms with Crippen LogP contribution in [0.5, 0.6) is 0 Å². The molecule has 0 unspecified atom stereocenters. The smallest absolute Gasteiger partial charge is 0.170 e. The Bertz CT molecular complexity index is 567. The first-order valence-corrected chi connectivity index (χ1v) is 7.25. The minimum absolute atomic E-state index is 0.129. The van der Waals surface area contributed by atoms with E-state index in [1.165, 1.54) is 5.56 Å². The van der Waals surface area contributed by atoms with Crippen molar-refractivity contribution < 1.29 is 4.79 Å². The average Bonchev–Trinajstić information content (AvgIpc) is 2.86. The van der Waals surface area contributed by atoms with E-state index in [9.17, 15) is 4.79 Å². The summed E-state index contributed by atoms with van der Waals surface area (Å²) in [6.07, 6.45) is 5.11. The monoisotopic (exact) mass is 270 g/mol. The Morgan fingerprint density at radius 3 is 2.55 bits per heavy atom. The lowest BCUT2D eigenvalue weighted by atomic mass is 10.00. The number of ketones is 1. The number of imidazole rings is 1. The van der Waals surface area contributed by atoms with Crippen molar-refractivity contribution in [1.29, 1.82) is 0 Å².